The van der Waals surface area contributed by atoms with Crippen molar-refractivity contribution in [3.63, 3.8) is 0 Å². The molecule has 1 atom stereocenters. The summed E-state index contributed by atoms with van der Waals surface area (Å²) in [5.74, 6) is -0.271. The van der Waals surface area contributed by atoms with E-state index in [4.69, 9.17) is 11.6 Å². The fraction of sp³-hybridized carbons (Fsp3) is 0.200. The van der Waals surface area contributed by atoms with Crippen LogP contribution in [0.3, 0.4) is 0 Å². The first kappa shape index (κ1) is 20.8. The van der Waals surface area contributed by atoms with E-state index in [-0.39, 0.29) is 11.9 Å². The van der Waals surface area contributed by atoms with Gasteiger partial charge in [0, 0.05) is 27.3 Å². The first-order chi connectivity index (χ1) is 14.5. The average Bonchev–Trinajstić information content (AvgIpc) is 3.38. The third-order valence-electron chi connectivity index (χ3n) is 4.64. The van der Waals surface area contributed by atoms with Crippen LogP contribution in [0.25, 0.3) is 10.6 Å². The number of anilines is 2. The van der Waals surface area contributed by atoms with Crippen molar-refractivity contribution in [2.75, 3.05) is 17.2 Å². The molecule has 1 aromatic heterocycles. The number of carbonyl (C=O) groups excluding carboxylic acids is 2. The molecular weight excluding hydrogens is 490 g/mol. The summed E-state index contributed by atoms with van der Waals surface area (Å²) in [6.45, 7) is 0.505. The molecule has 1 unspecified atom stereocenters. The van der Waals surface area contributed by atoms with Gasteiger partial charge in [-0.15, -0.1) is 10.2 Å². The lowest BCUT2D eigenvalue weighted by atomic mass is 10.2. The first-order valence-corrected chi connectivity index (χ1v) is 11.2. The summed E-state index contributed by atoms with van der Waals surface area (Å²) in [5.41, 5.74) is 1.50. The minimum atomic E-state index is -0.566. The molecule has 2 aromatic carbocycles. The third kappa shape index (κ3) is 4.80. The van der Waals surface area contributed by atoms with Crippen molar-refractivity contribution in [2.24, 2.45) is 0 Å². The van der Waals surface area contributed by atoms with Gasteiger partial charge in [0.2, 0.25) is 11.0 Å². The predicted molar refractivity (Wildman–Crippen MR) is 122 cm³/mol. The average molecular weight is 507 g/mol. The molecule has 30 heavy (non-hydrogen) atoms. The fourth-order valence-corrected chi connectivity index (χ4v) is 4.42. The molecule has 0 bridgehead atoms. The van der Waals surface area contributed by atoms with Gasteiger partial charge in [-0.3, -0.25) is 10.1 Å². The van der Waals surface area contributed by atoms with E-state index in [1.165, 1.54) is 16.2 Å². The summed E-state index contributed by atoms with van der Waals surface area (Å²) in [5, 5.41) is 15.4. The van der Waals surface area contributed by atoms with E-state index in [0.717, 1.165) is 16.5 Å². The number of halogens is 2. The van der Waals surface area contributed by atoms with E-state index < -0.39 is 6.04 Å². The van der Waals surface area contributed by atoms with Gasteiger partial charge in [0.15, 0.2) is 0 Å². The number of rotatable bonds is 4. The van der Waals surface area contributed by atoms with Crippen molar-refractivity contribution in [1.29, 1.82) is 0 Å². The van der Waals surface area contributed by atoms with Crippen LogP contribution >= 0.6 is 38.9 Å². The van der Waals surface area contributed by atoms with Crippen LogP contribution in [0.5, 0.6) is 0 Å². The highest BCUT2D eigenvalue weighted by Gasteiger charge is 2.34. The molecule has 0 aliphatic carbocycles. The molecule has 1 aliphatic heterocycles. The summed E-state index contributed by atoms with van der Waals surface area (Å²) in [7, 11) is 0. The van der Waals surface area contributed by atoms with E-state index in [1.807, 2.05) is 24.3 Å². The molecule has 1 fully saturated rings. The monoisotopic (exact) mass is 505 g/mol. The number of urea groups is 1. The van der Waals surface area contributed by atoms with Crippen molar-refractivity contribution < 1.29 is 9.59 Å². The van der Waals surface area contributed by atoms with Crippen molar-refractivity contribution >= 4 is 61.6 Å². The van der Waals surface area contributed by atoms with Gasteiger partial charge < -0.3 is 10.2 Å². The molecule has 1 saturated heterocycles. The number of carbonyl (C=O) groups is 2. The minimum absolute atomic E-state index is 0.271. The molecule has 0 spiro atoms. The maximum Gasteiger partial charge on any atom is 0.322 e. The van der Waals surface area contributed by atoms with E-state index in [0.29, 0.717) is 33.8 Å². The van der Waals surface area contributed by atoms with Crippen molar-refractivity contribution in [2.45, 2.75) is 18.9 Å². The lowest BCUT2D eigenvalue weighted by Gasteiger charge is -2.23. The summed E-state index contributed by atoms with van der Waals surface area (Å²) in [6.07, 6.45) is 1.34. The van der Waals surface area contributed by atoms with E-state index in [2.05, 4.69) is 36.8 Å². The zero-order chi connectivity index (χ0) is 21.1. The zero-order valence-electron chi connectivity index (χ0n) is 15.6. The molecule has 7 nitrogen and oxygen atoms in total. The van der Waals surface area contributed by atoms with Crippen LogP contribution in [0.15, 0.2) is 53.0 Å². The number of aromatic nitrogens is 2. The Morgan fingerprint density at radius 3 is 2.70 bits per heavy atom. The van der Waals surface area contributed by atoms with E-state index in [9.17, 15) is 9.59 Å². The van der Waals surface area contributed by atoms with Crippen LogP contribution in [-0.2, 0) is 4.79 Å². The van der Waals surface area contributed by atoms with Crippen LogP contribution in [0.1, 0.15) is 12.8 Å². The molecule has 0 radical (unpaired) electrons. The Kier molecular flexibility index (Phi) is 6.31. The van der Waals surface area contributed by atoms with Crippen LogP contribution in [0.2, 0.25) is 5.02 Å². The topological polar surface area (TPSA) is 87.2 Å². The highest BCUT2D eigenvalue weighted by atomic mass is 79.9. The quantitative estimate of drug-likeness (QED) is 0.505. The number of benzene rings is 2. The first-order valence-electron chi connectivity index (χ1n) is 9.23. The molecule has 0 saturated carbocycles. The predicted octanol–water partition coefficient (Wildman–Crippen LogP) is 5.26. The second kappa shape index (κ2) is 9.11. The highest BCUT2D eigenvalue weighted by molar-refractivity contribution is 9.10. The fourth-order valence-electron chi connectivity index (χ4n) is 3.22. The van der Waals surface area contributed by atoms with Gasteiger partial charge >= 0.3 is 6.03 Å². The Bertz CT molecular complexity index is 1080. The largest absolute Gasteiger partial charge is 0.322 e. The Morgan fingerprint density at radius 1 is 1.13 bits per heavy atom. The van der Waals surface area contributed by atoms with Crippen molar-refractivity contribution in [1.82, 2.24) is 15.1 Å². The lowest BCUT2D eigenvalue weighted by Crippen LogP contribution is -2.45. The number of nitrogens with zero attached hydrogens (tertiary/aromatic N) is 3. The molecule has 1 aliphatic rings. The number of amides is 3. The van der Waals surface area contributed by atoms with E-state index in [1.54, 1.807) is 24.3 Å². The van der Waals surface area contributed by atoms with Crippen LogP contribution in [-0.4, -0.2) is 39.6 Å². The molecule has 10 heteroatoms. The molecule has 3 aromatic rings. The van der Waals surface area contributed by atoms with Gasteiger partial charge in [-0.05, 0) is 43.2 Å². The summed E-state index contributed by atoms with van der Waals surface area (Å²) >= 11 is 10.7. The molecular formula is C20H17BrClN5O2S. The molecule has 154 valence electrons. The van der Waals surface area contributed by atoms with Crippen LogP contribution in [0, 0.1) is 0 Å². The Labute approximate surface area is 190 Å². The second-order valence-corrected chi connectivity index (χ2v) is 9.03. The van der Waals surface area contributed by atoms with Crippen molar-refractivity contribution in [3.05, 3.63) is 58.0 Å². The molecule has 2 N–H and O–H groups in total. The van der Waals surface area contributed by atoms with Gasteiger partial charge in [0.05, 0.1) is 0 Å². The summed E-state index contributed by atoms with van der Waals surface area (Å²) in [4.78, 5) is 27.0. The number of hydrogen-bond acceptors (Lipinski definition) is 5. The highest BCUT2D eigenvalue weighted by Crippen LogP contribution is 2.28. The minimum Gasteiger partial charge on any atom is -0.312 e. The normalized spacial score (nSPS) is 15.8. The van der Waals surface area contributed by atoms with E-state index >= 15 is 0 Å². The summed E-state index contributed by atoms with van der Waals surface area (Å²) in [6, 6.07) is 13.7. The number of nitrogens with one attached hydrogen (secondary N) is 2. The Morgan fingerprint density at radius 2 is 1.93 bits per heavy atom. The van der Waals surface area contributed by atoms with Crippen LogP contribution < -0.4 is 10.6 Å². The standard InChI is InChI=1S/C20H17BrClN5O2S/c21-13-8-6-12(7-9-13)18-25-26-19(30-18)24-17(28)16-5-2-10-27(16)20(29)23-15-4-1-3-14(22)11-15/h1,3-4,6-9,11,16H,2,5,10H2,(H,23,29)(H,24,26,28). The van der Waals surface area contributed by atoms with Crippen molar-refractivity contribution in [3.8, 4) is 10.6 Å². The maximum atomic E-state index is 12.8. The van der Waals surface area contributed by atoms with Crippen LogP contribution in [0.4, 0.5) is 15.6 Å². The SMILES string of the molecule is O=C(Nc1nnc(-c2ccc(Br)cc2)s1)C1CCCN1C(=O)Nc1cccc(Cl)c1. The zero-order valence-corrected chi connectivity index (χ0v) is 18.8. The second-order valence-electron chi connectivity index (χ2n) is 6.70. The smallest absolute Gasteiger partial charge is 0.312 e. The number of hydrogen-bond donors (Lipinski definition) is 2. The molecule has 2 heterocycles. The maximum absolute atomic E-state index is 12.8. The van der Waals surface area contributed by atoms with Gasteiger partial charge in [-0.1, -0.05) is 57.1 Å². The lowest BCUT2D eigenvalue weighted by molar-refractivity contribution is -0.119. The summed E-state index contributed by atoms with van der Waals surface area (Å²) < 4.78 is 0.974. The van der Waals surface area contributed by atoms with Gasteiger partial charge in [0.25, 0.3) is 0 Å². The Hall–Kier alpha value is -2.49. The molecule has 3 amide bonds. The molecule has 4 rings (SSSR count). The Balaban J connectivity index is 1.41. The van der Waals surface area contributed by atoms with Gasteiger partial charge in [0.1, 0.15) is 11.0 Å². The van der Waals surface area contributed by atoms with Gasteiger partial charge in [-0.2, -0.15) is 0 Å². The number of likely N-dealkylation sites (tertiary alicyclic amines) is 1. The van der Waals surface area contributed by atoms with Gasteiger partial charge in [-0.25, -0.2) is 4.79 Å². The third-order valence-corrected chi connectivity index (χ3v) is 6.29.